The number of ether oxygens (including phenoxy) is 1. The summed E-state index contributed by atoms with van der Waals surface area (Å²) >= 11 is 0.395. The van der Waals surface area contributed by atoms with Crippen LogP contribution in [-0.4, -0.2) is 40.7 Å². The number of nitrogens with zero attached hydrogens (tertiary/aromatic N) is 2. The van der Waals surface area contributed by atoms with E-state index < -0.39 is 5.76 Å². The lowest BCUT2D eigenvalue weighted by Gasteiger charge is -2.18. The Morgan fingerprint density at radius 3 is 2.84 bits per heavy atom. The first-order valence-corrected chi connectivity index (χ1v) is 8.84. The molecule has 0 bridgehead atoms. The standard InChI is InChI=1S/C18H18F2N2O2S/c1-12-5-4-8-16(21-12)24-13-9-10-22(11-13)17(23)14-6-2-3-7-15(14)25-18(19)20/h2-8,13,18H,9-11H2,1H3/t13-/m1/s1. The summed E-state index contributed by atoms with van der Waals surface area (Å²) in [6.45, 7) is 2.83. The molecule has 0 N–H and O–H groups in total. The number of aromatic nitrogens is 1. The molecule has 0 unspecified atom stereocenters. The van der Waals surface area contributed by atoms with Crippen molar-refractivity contribution >= 4 is 17.7 Å². The minimum Gasteiger partial charge on any atom is -0.472 e. The highest BCUT2D eigenvalue weighted by atomic mass is 32.2. The molecule has 2 heterocycles. The molecule has 0 saturated carbocycles. The van der Waals surface area contributed by atoms with Gasteiger partial charge in [-0.2, -0.15) is 8.78 Å². The van der Waals surface area contributed by atoms with Crippen molar-refractivity contribution in [3.05, 3.63) is 53.7 Å². The molecule has 1 aromatic carbocycles. The third-order valence-electron chi connectivity index (χ3n) is 3.92. The average Bonchev–Trinajstić information content (AvgIpc) is 3.03. The van der Waals surface area contributed by atoms with E-state index in [0.29, 0.717) is 47.6 Å². The summed E-state index contributed by atoms with van der Waals surface area (Å²) in [5.41, 5.74) is 1.17. The van der Waals surface area contributed by atoms with Gasteiger partial charge < -0.3 is 9.64 Å². The van der Waals surface area contributed by atoms with Gasteiger partial charge in [0.25, 0.3) is 11.7 Å². The lowest BCUT2D eigenvalue weighted by atomic mass is 10.2. The van der Waals surface area contributed by atoms with E-state index in [2.05, 4.69) is 4.98 Å². The molecule has 1 saturated heterocycles. The molecular formula is C18H18F2N2O2S. The average molecular weight is 364 g/mol. The maximum atomic E-state index is 12.7. The number of aryl methyl sites for hydroxylation is 1. The summed E-state index contributed by atoms with van der Waals surface area (Å²) < 4.78 is 31.2. The molecule has 0 spiro atoms. The van der Waals surface area contributed by atoms with Crippen LogP contribution in [0.1, 0.15) is 22.5 Å². The van der Waals surface area contributed by atoms with Crippen LogP contribution in [0.15, 0.2) is 47.4 Å². The number of pyridine rings is 1. The van der Waals surface area contributed by atoms with E-state index >= 15 is 0 Å². The summed E-state index contributed by atoms with van der Waals surface area (Å²) in [5.74, 6) is -2.27. The molecule has 1 amide bonds. The molecule has 2 aromatic rings. The third kappa shape index (κ3) is 4.48. The number of thioether (sulfide) groups is 1. The lowest BCUT2D eigenvalue weighted by molar-refractivity contribution is 0.0767. The van der Waals surface area contributed by atoms with Gasteiger partial charge in [-0.05, 0) is 25.1 Å². The van der Waals surface area contributed by atoms with Gasteiger partial charge in [-0.15, -0.1) is 0 Å². The zero-order chi connectivity index (χ0) is 17.8. The van der Waals surface area contributed by atoms with Gasteiger partial charge in [-0.1, -0.05) is 30.0 Å². The fraction of sp³-hybridized carbons (Fsp3) is 0.333. The predicted molar refractivity (Wildman–Crippen MR) is 92.2 cm³/mol. The van der Waals surface area contributed by atoms with Crippen molar-refractivity contribution < 1.29 is 18.3 Å². The number of amides is 1. The monoisotopic (exact) mass is 364 g/mol. The number of rotatable bonds is 5. The quantitative estimate of drug-likeness (QED) is 0.752. The van der Waals surface area contributed by atoms with E-state index in [1.807, 2.05) is 19.1 Å². The van der Waals surface area contributed by atoms with Crippen LogP contribution in [0.3, 0.4) is 0 Å². The topological polar surface area (TPSA) is 42.4 Å². The van der Waals surface area contributed by atoms with Crippen LogP contribution in [0.5, 0.6) is 5.88 Å². The molecular weight excluding hydrogens is 346 g/mol. The molecule has 1 aliphatic heterocycles. The largest absolute Gasteiger partial charge is 0.472 e. The normalized spacial score (nSPS) is 17.1. The second-order valence-corrected chi connectivity index (χ2v) is 6.80. The van der Waals surface area contributed by atoms with Crippen LogP contribution in [0.4, 0.5) is 8.78 Å². The molecule has 1 aliphatic rings. The van der Waals surface area contributed by atoms with Crippen molar-refractivity contribution in [2.75, 3.05) is 13.1 Å². The molecule has 1 aromatic heterocycles. The summed E-state index contributed by atoms with van der Waals surface area (Å²) in [6, 6.07) is 12.0. The number of hydrogen-bond acceptors (Lipinski definition) is 4. The first kappa shape index (κ1) is 17.7. The Kier molecular flexibility index (Phi) is 5.53. The van der Waals surface area contributed by atoms with E-state index in [4.69, 9.17) is 4.74 Å². The maximum Gasteiger partial charge on any atom is 0.288 e. The van der Waals surface area contributed by atoms with E-state index in [0.717, 1.165) is 5.69 Å². The van der Waals surface area contributed by atoms with Crippen LogP contribution in [0.2, 0.25) is 0 Å². The lowest BCUT2D eigenvalue weighted by Crippen LogP contribution is -2.31. The van der Waals surface area contributed by atoms with Gasteiger partial charge >= 0.3 is 0 Å². The Morgan fingerprint density at radius 2 is 2.08 bits per heavy atom. The van der Waals surface area contributed by atoms with Crippen molar-refractivity contribution in [1.82, 2.24) is 9.88 Å². The maximum absolute atomic E-state index is 12.7. The Morgan fingerprint density at radius 1 is 1.28 bits per heavy atom. The van der Waals surface area contributed by atoms with E-state index in [9.17, 15) is 13.6 Å². The molecule has 1 atom stereocenters. The highest BCUT2D eigenvalue weighted by Gasteiger charge is 2.30. The minimum atomic E-state index is -2.56. The molecule has 132 valence electrons. The first-order chi connectivity index (χ1) is 12.0. The second kappa shape index (κ2) is 7.82. The Labute approximate surface area is 149 Å². The number of alkyl halides is 2. The van der Waals surface area contributed by atoms with Crippen LogP contribution in [-0.2, 0) is 0 Å². The van der Waals surface area contributed by atoms with E-state index in [-0.39, 0.29) is 12.0 Å². The molecule has 1 fully saturated rings. The van der Waals surface area contributed by atoms with Gasteiger partial charge in [0.2, 0.25) is 5.88 Å². The Balaban J connectivity index is 1.67. The van der Waals surface area contributed by atoms with Crippen molar-refractivity contribution in [2.45, 2.75) is 30.1 Å². The van der Waals surface area contributed by atoms with Crippen molar-refractivity contribution in [3.8, 4) is 5.88 Å². The van der Waals surface area contributed by atoms with Crippen molar-refractivity contribution in [3.63, 3.8) is 0 Å². The van der Waals surface area contributed by atoms with Crippen LogP contribution < -0.4 is 4.74 Å². The number of likely N-dealkylation sites (tertiary alicyclic amines) is 1. The smallest absolute Gasteiger partial charge is 0.288 e. The second-order valence-electron chi connectivity index (χ2n) is 5.77. The number of carbonyl (C=O) groups excluding carboxylic acids is 1. The van der Waals surface area contributed by atoms with Gasteiger partial charge in [0.05, 0.1) is 12.1 Å². The SMILES string of the molecule is Cc1cccc(O[C@@H]2CCN(C(=O)c3ccccc3SC(F)F)C2)n1. The highest BCUT2D eigenvalue weighted by molar-refractivity contribution is 7.99. The Hall–Kier alpha value is -2.15. The first-order valence-electron chi connectivity index (χ1n) is 7.96. The fourth-order valence-corrected chi connectivity index (χ4v) is 3.41. The van der Waals surface area contributed by atoms with Crippen LogP contribution >= 0.6 is 11.8 Å². The van der Waals surface area contributed by atoms with Gasteiger partial charge in [0, 0.05) is 29.6 Å². The van der Waals surface area contributed by atoms with Crippen LogP contribution in [0, 0.1) is 6.92 Å². The summed E-state index contributed by atoms with van der Waals surface area (Å²) in [7, 11) is 0. The minimum absolute atomic E-state index is 0.145. The van der Waals surface area contributed by atoms with Gasteiger partial charge in [-0.3, -0.25) is 4.79 Å². The summed E-state index contributed by atoms with van der Waals surface area (Å²) in [6.07, 6.45) is 0.541. The zero-order valence-corrected chi connectivity index (χ0v) is 14.5. The number of hydrogen-bond donors (Lipinski definition) is 0. The van der Waals surface area contributed by atoms with E-state index in [1.54, 1.807) is 35.2 Å². The molecule has 25 heavy (non-hydrogen) atoms. The van der Waals surface area contributed by atoms with E-state index in [1.165, 1.54) is 0 Å². The molecule has 0 aliphatic carbocycles. The molecule has 7 heteroatoms. The van der Waals surface area contributed by atoms with Gasteiger partial charge in [0.15, 0.2) is 0 Å². The Bertz CT molecular complexity index is 757. The molecule has 3 rings (SSSR count). The van der Waals surface area contributed by atoms with Crippen LogP contribution in [0.25, 0.3) is 0 Å². The van der Waals surface area contributed by atoms with Crippen molar-refractivity contribution in [2.24, 2.45) is 0 Å². The van der Waals surface area contributed by atoms with Crippen molar-refractivity contribution in [1.29, 1.82) is 0 Å². The summed E-state index contributed by atoms with van der Waals surface area (Å²) in [5, 5.41) is 0. The zero-order valence-electron chi connectivity index (χ0n) is 13.7. The van der Waals surface area contributed by atoms with Gasteiger partial charge in [0.1, 0.15) is 6.10 Å². The highest BCUT2D eigenvalue weighted by Crippen LogP contribution is 2.30. The van der Waals surface area contributed by atoms with Gasteiger partial charge in [-0.25, -0.2) is 4.98 Å². The fourth-order valence-electron chi connectivity index (χ4n) is 2.78. The third-order valence-corrected chi connectivity index (χ3v) is 4.70. The molecule has 4 nitrogen and oxygen atoms in total. The number of benzene rings is 1. The predicted octanol–water partition coefficient (Wildman–Crippen LogP) is 4.00. The number of carbonyl (C=O) groups is 1. The number of halogens is 2. The molecule has 0 radical (unpaired) electrons. The summed E-state index contributed by atoms with van der Waals surface area (Å²) in [4.78, 5) is 18.9.